The lowest BCUT2D eigenvalue weighted by Crippen LogP contribution is -2.21. The summed E-state index contributed by atoms with van der Waals surface area (Å²) >= 11 is 0. The summed E-state index contributed by atoms with van der Waals surface area (Å²) in [7, 11) is 0. The highest BCUT2D eigenvalue weighted by Gasteiger charge is 2.07. The van der Waals surface area contributed by atoms with Gasteiger partial charge in [0, 0.05) is 5.69 Å². The van der Waals surface area contributed by atoms with E-state index >= 15 is 0 Å². The summed E-state index contributed by atoms with van der Waals surface area (Å²) in [5, 5.41) is 2.88. The van der Waals surface area contributed by atoms with Crippen molar-refractivity contribution < 1.29 is 9.53 Å². The molecule has 0 aliphatic heterocycles. The molecule has 0 unspecified atom stereocenters. The fourth-order valence-electron chi connectivity index (χ4n) is 1.93. The van der Waals surface area contributed by atoms with Crippen LogP contribution in [0.1, 0.15) is 16.7 Å². The largest absolute Gasteiger partial charge is 0.483 e. The van der Waals surface area contributed by atoms with Crippen molar-refractivity contribution >= 4 is 11.6 Å². The Morgan fingerprint density at radius 3 is 2.45 bits per heavy atom. The van der Waals surface area contributed by atoms with Crippen molar-refractivity contribution in [3.8, 4) is 5.75 Å². The Morgan fingerprint density at radius 1 is 1.00 bits per heavy atom. The molecule has 2 rings (SSSR count). The highest BCUT2D eigenvalue weighted by atomic mass is 16.5. The second kappa shape index (κ2) is 6.24. The maximum Gasteiger partial charge on any atom is 0.262 e. The van der Waals surface area contributed by atoms with Crippen LogP contribution >= 0.6 is 0 Å². The van der Waals surface area contributed by atoms with E-state index in [1.54, 1.807) is 0 Å². The van der Waals surface area contributed by atoms with Crippen LogP contribution in [0.5, 0.6) is 5.75 Å². The van der Waals surface area contributed by atoms with Crippen molar-refractivity contribution in [3.63, 3.8) is 0 Å². The highest BCUT2D eigenvalue weighted by molar-refractivity contribution is 5.92. The highest BCUT2D eigenvalue weighted by Crippen LogP contribution is 2.19. The van der Waals surface area contributed by atoms with Crippen molar-refractivity contribution in [2.75, 3.05) is 11.9 Å². The first-order valence-corrected chi connectivity index (χ1v) is 6.62. The van der Waals surface area contributed by atoms with E-state index in [1.807, 2.05) is 63.2 Å². The van der Waals surface area contributed by atoms with Crippen LogP contribution < -0.4 is 10.1 Å². The van der Waals surface area contributed by atoms with Crippen LogP contribution in [-0.2, 0) is 4.79 Å². The number of amides is 1. The van der Waals surface area contributed by atoms with Gasteiger partial charge >= 0.3 is 0 Å². The number of carbonyl (C=O) groups excluding carboxylic acids is 1. The van der Waals surface area contributed by atoms with Gasteiger partial charge < -0.3 is 10.1 Å². The first-order chi connectivity index (χ1) is 9.58. The third kappa shape index (κ3) is 3.38. The van der Waals surface area contributed by atoms with E-state index in [-0.39, 0.29) is 12.5 Å². The SMILES string of the molecule is Cc1ccccc1OCC(=O)Nc1cccc(C)c1C. The van der Waals surface area contributed by atoms with Crippen LogP contribution in [0.4, 0.5) is 5.69 Å². The minimum absolute atomic E-state index is 0.0121. The number of hydrogen-bond acceptors (Lipinski definition) is 2. The molecule has 0 fully saturated rings. The molecule has 1 N–H and O–H groups in total. The molecule has 0 spiro atoms. The van der Waals surface area contributed by atoms with Gasteiger partial charge in [-0.1, -0.05) is 30.3 Å². The van der Waals surface area contributed by atoms with E-state index in [4.69, 9.17) is 4.74 Å². The number of para-hydroxylation sites is 1. The van der Waals surface area contributed by atoms with Crippen LogP contribution in [0.2, 0.25) is 0 Å². The van der Waals surface area contributed by atoms with E-state index in [1.165, 1.54) is 0 Å². The molecule has 104 valence electrons. The Labute approximate surface area is 119 Å². The van der Waals surface area contributed by atoms with Gasteiger partial charge in [-0.2, -0.15) is 0 Å². The molecule has 0 saturated carbocycles. The Kier molecular flexibility index (Phi) is 4.41. The maximum absolute atomic E-state index is 11.9. The smallest absolute Gasteiger partial charge is 0.262 e. The molecular weight excluding hydrogens is 250 g/mol. The normalized spacial score (nSPS) is 10.2. The van der Waals surface area contributed by atoms with Gasteiger partial charge in [0.1, 0.15) is 5.75 Å². The molecule has 20 heavy (non-hydrogen) atoms. The predicted octanol–water partition coefficient (Wildman–Crippen LogP) is 3.63. The molecule has 0 saturated heterocycles. The van der Waals surface area contributed by atoms with Crippen molar-refractivity contribution in [2.24, 2.45) is 0 Å². The molecule has 0 atom stereocenters. The number of hydrogen-bond donors (Lipinski definition) is 1. The third-order valence-corrected chi connectivity index (χ3v) is 3.33. The summed E-state index contributed by atoms with van der Waals surface area (Å²) in [4.78, 5) is 11.9. The van der Waals surface area contributed by atoms with Crippen molar-refractivity contribution in [3.05, 3.63) is 59.2 Å². The standard InChI is InChI=1S/C17H19NO2/c1-12-8-6-9-15(14(12)3)18-17(19)11-20-16-10-5-4-7-13(16)2/h4-10H,11H2,1-3H3,(H,18,19). The van der Waals surface area contributed by atoms with Gasteiger partial charge in [0.05, 0.1) is 0 Å². The minimum Gasteiger partial charge on any atom is -0.483 e. The quantitative estimate of drug-likeness (QED) is 0.920. The lowest BCUT2D eigenvalue weighted by atomic mass is 10.1. The first kappa shape index (κ1) is 14.1. The average molecular weight is 269 g/mol. The molecule has 0 heterocycles. The minimum atomic E-state index is -0.151. The molecule has 0 bridgehead atoms. The van der Waals surface area contributed by atoms with Crippen molar-refractivity contribution in [1.29, 1.82) is 0 Å². The lowest BCUT2D eigenvalue weighted by Gasteiger charge is -2.12. The summed E-state index contributed by atoms with van der Waals surface area (Å²) in [6.45, 7) is 5.98. The zero-order valence-electron chi connectivity index (χ0n) is 12.1. The molecule has 0 aliphatic carbocycles. The maximum atomic E-state index is 11.9. The number of carbonyl (C=O) groups is 1. The van der Waals surface area contributed by atoms with Crippen LogP contribution in [0.15, 0.2) is 42.5 Å². The monoisotopic (exact) mass is 269 g/mol. The van der Waals surface area contributed by atoms with Gasteiger partial charge in [0.15, 0.2) is 6.61 Å². The number of anilines is 1. The Morgan fingerprint density at radius 2 is 1.70 bits per heavy atom. The number of aryl methyl sites for hydroxylation is 2. The van der Waals surface area contributed by atoms with Gasteiger partial charge in [-0.3, -0.25) is 4.79 Å². The summed E-state index contributed by atoms with van der Waals surface area (Å²) in [6, 6.07) is 13.5. The number of rotatable bonds is 4. The van der Waals surface area contributed by atoms with Gasteiger partial charge in [0.25, 0.3) is 5.91 Å². The lowest BCUT2D eigenvalue weighted by molar-refractivity contribution is -0.118. The summed E-state index contributed by atoms with van der Waals surface area (Å²) < 4.78 is 5.53. The molecule has 0 aromatic heterocycles. The van der Waals surface area contributed by atoms with Gasteiger partial charge in [-0.15, -0.1) is 0 Å². The second-order valence-electron chi connectivity index (χ2n) is 4.85. The molecule has 3 nitrogen and oxygen atoms in total. The van der Waals surface area contributed by atoms with E-state index in [9.17, 15) is 4.79 Å². The van der Waals surface area contributed by atoms with Gasteiger partial charge in [-0.25, -0.2) is 0 Å². The Balaban J connectivity index is 1.96. The zero-order chi connectivity index (χ0) is 14.5. The molecule has 2 aromatic carbocycles. The van der Waals surface area contributed by atoms with E-state index in [0.29, 0.717) is 0 Å². The molecule has 2 aromatic rings. The van der Waals surface area contributed by atoms with E-state index in [0.717, 1.165) is 28.1 Å². The molecular formula is C17H19NO2. The summed E-state index contributed by atoms with van der Waals surface area (Å²) in [6.07, 6.45) is 0. The van der Waals surface area contributed by atoms with Crippen LogP contribution in [0.25, 0.3) is 0 Å². The summed E-state index contributed by atoms with van der Waals surface area (Å²) in [5.41, 5.74) is 4.09. The molecule has 0 aliphatic rings. The van der Waals surface area contributed by atoms with E-state index in [2.05, 4.69) is 5.32 Å². The third-order valence-electron chi connectivity index (χ3n) is 3.33. The predicted molar refractivity (Wildman–Crippen MR) is 81.2 cm³/mol. The average Bonchev–Trinajstić information content (AvgIpc) is 2.43. The Bertz CT molecular complexity index is 620. The second-order valence-corrected chi connectivity index (χ2v) is 4.85. The van der Waals surface area contributed by atoms with Crippen molar-refractivity contribution in [1.82, 2.24) is 0 Å². The first-order valence-electron chi connectivity index (χ1n) is 6.62. The fraction of sp³-hybridized carbons (Fsp3) is 0.235. The molecule has 1 amide bonds. The number of ether oxygens (including phenoxy) is 1. The fourth-order valence-corrected chi connectivity index (χ4v) is 1.93. The topological polar surface area (TPSA) is 38.3 Å². The summed E-state index contributed by atoms with van der Waals surface area (Å²) in [5.74, 6) is 0.588. The zero-order valence-corrected chi connectivity index (χ0v) is 12.1. The van der Waals surface area contributed by atoms with Gasteiger partial charge in [-0.05, 0) is 49.6 Å². The number of nitrogens with one attached hydrogen (secondary N) is 1. The van der Waals surface area contributed by atoms with Gasteiger partial charge in [0.2, 0.25) is 0 Å². The van der Waals surface area contributed by atoms with Crippen LogP contribution in [0, 0.1) is 20.8 Å². The molecule has 3 heteroatoms. The van der Waals surface area contributed by atoms with Crippen molar-refractivity contribution in [2.45, 2.75) is 20.8 Å². The Hall–Kier alpha value is -2.29. The van der Waals surface area contributed by atoms with E-state index < -0.39 is 0 Å². The number of benzene rings is 2. The van der Waals surface area contributed by atoms with Crippen LogP contribution in [0.3, 0.4) is 0 Å². The van der Waals surface area contributed by atoms with Crippen LogP contribution in [-0.4, -0.2) is 12.5 Å². The molecule has 0 radical (unpaired) electrons.